The summed E-state index contributed by atoms with van der Waals surface area (Å²) in [6.07, 6.45) is 2.24. The highest BCUT2D eigenvalue weighted by Gasteiger charge is 2.21. The van der Waals surface area contributed by atoms with Crippen LogP contribution in [0.1, 0.15) is 23.2 Å². The van der Waals surface area contributed by atoms with Crippen LogP contribution in [-0.2, 0) is 4.74 Å². The molecule has 0 spiro atoms. The van der Waals surface area contributed by atoms with Gasteiger partial charge in [-0.1, -0.05) is 15.9 Å². The summed E-state index contributed by atoms with van der Waals surface area (Å²) in [5, 5.41) is 0. The smallest absolute Gasteiger partial charge is 0.254 e. The third-order valence-corrected chi connectivity index (χ3v) is 4.73. The minimum Gasteiger partial charge on any atom is -0.381 e. The summed E-state index contributed by atoms with van der Waals surface area (Å²) in [5.74, 6) is 0.545. The van der Waals surface area contributed by atoms with Gasteiger partial charge in [-0.25, -0.2) is 0 Å². The molecule has 19 heavy (non-hydrogen) atoms. The second-order valence-corrected chi connectivity index (χ2v) is 6.97. The number of halogens is 2. The molecule has 1 fully saturated rings. The zero-order valence-corrected chi connectivity index (χ0v) is 14.6. The molecule has 0 N–H and O–H groups in total. The van der Waals surface area contributed by atoms with Gasteiger partial charge in [0.15, 0.2) is 0 Å². The van der Waals surface area contributed by atoms with Gasteiger partial charge in [0.2, 0.25) is 0 Å². The lowest BCUT2D eigenvalue weighted by Gasteiger charge is -2.27. The van der Waals surface area contributed by atoms with Crippen molar-refractivity contribution in [1.82, 2.24) is 4.90 Å². The van der Waals surface area contributed by atoms with Gasteiger partial charge in [0.05, 0.1) is 12.2 Å². The largest absolute Gasteiger partial charge is 0.381 e. The molecule has 0 radical (unpaired) electrons. The molecule has 104 valence electrons. The number of benzene rings is 1. The summed E-state index contributed by atoms with van der Waals surface area (Å²) >= 11 is 5.62. The normalized spacial score (nSPS) is 19.2. The van der Waals surface area contributed by atoms with Gasteiger partial charge in [0.1, 0.15) is 0 Å². The Morgan fingerprint density at radius 2 is 2.37 bits per heavy atom. The molecule has 3 nitrogen and oxygen atoms in total. The molecule has 1 unspecified atom stereocenters. The fraction of sp³-hybridized carbons (Fsp3) is 0.500. The number of carbonyl (C=O) groups excluding carboxylic acids is 1. The minimum atomic E-state index is 0.0799. The summed E-state index contributed by atoms with van der Waals surface area (Å²) in [6.45, 7) is 2.40. The number of rotatable bonds is 3. The third kappa shape index (κ3) is 4.16. The van der Waals surface area contributed by atoms with E-state index in [2.05, 4.69) is 38.5 Å². The van der Waals surface area contributed by atoms with Crippen LogP contribution in [0.25, 0.3) is 0 Å². The zero-order chi connectivity index (χ0) is 13.8. The Kier molecular flexibility index (Phi) is 5.65. The fourth-order valence-electron chi connectivity index (χ4n) is 2.29. The molecule has 1 saturated heterocycles. The van der Waals surface area contributed by atoms with E-state index in [0.717, 1.165) is 46.2 Å². The molecule has 1 atom stereocenters. The van der Waals surface area contributed by atoms with Crippen molar-refractivity contribution >= 4 is 44.4 Å². The highest BCUT2D eigenvalue weighted by Crippen LogP contribution is 2.21. The molecule has 0 aliphatic carbocycles. The summed E-state index contributed by atoms with van der Waals surface area (Å²) in [4.78, 5) is 14.3. The lowest BCUT2D eigenvalue weighted by Crippen LogP contribution is -2.35. The van der Waals surface area contributed by atoms with Gasteiger partial charge in [0, 0.05) is 28.2 Å². The van der Waals surface area contributed by atoms with E-state index in [-0.39, 0.29) is 5.91 Å². The maximum atomic E-state index is 12.5. The molecule has 0 aromatic heterocycles. The predicted molar refractivity (Wildman–Crippen MR) is 87.4 cm³/mol. The molecule has 1 aliphatic rings. The number of hydrogen-bond donors (Lipinski definition) is 0. The van der Waals surface area contributed by atoms with Gasteiger partial charge in [-0.2, -0.15) is 0 Å². The van der Waals surface area contributed by atoms with Crippen molar-refractivity contribution in [1.29, 1.82) is 0 Å². The third-order valence-electron chi connectivity index (χ3n) is 3.29. The lowest BCUT2D eigenvalue weighted by molar-refractivity contribution is 0.0388. The Bertz CT molecular complexity index is 461. The highest BCUT2D eigenvalue weighted by molar-refractivity contribution is 14.1. The molecule has 5 heteroatoms. The van der Waals surface area contributed by atoms with E-state index in [9.17, 15) is 4.79 Å². The van der Waals surface area contributed by atoms with Crippen LogP contribution < -0.4 is 0 Å². The van der Waals surface area contributed by atoms with E-state index in [1.807, 2.05) is 30.1 Å². The van der Waals surface area contributed by atoms with Crippen LogP contribution in [0.5, 0.6) is 0 Å². The molecule has 1 aromatic rings. The van der Waals surface area contributed by atoms with Gasteiger partial charge in [-0.3, -0.25) is 4.79 Å². The van der Waals surface area contributed by atoms with E-state index in [4.69, 9.17) is 4.74 Å². The van der Waals surface area contributed by atoms with Gasteiger partial charge in [-0.05, 0) is 59.5 Å². The first-order valence-electron chi connectivity index (χ1n) is 6.36. The van der Waals surface area contributed by atoms with E-state index in [1.54, 1.807) is 0 Å². The molecular formula is C14H17BrINO2. The van der Waals surface area contributed by atoms with Gasteiger partial charge < -0.3 is 9.64 Å². The quantitative estimate of drug-likeness (QED) is 0.676. The fourth-order valence-corrected chi connectivity index (χ4v) is 3.22. The molecule has 1 heterocycles. The van der Waals surface area contributed by atoms with E-state index < -0.39 is 0 Å². The average molecular weight is 438 g/mol. The number of carbonyl (C=O) groups is 1. The standard InChI is InChI=1S/C14H17BrINO2/c1-17(8-10-3-2-6-19-9-10)14(18)12-7-11(15)4-5-13(12)16/h4-5,7,10H,2-3,6,8-9H2,1H3. The summed E-state index contributed by atoms with van der Waals surface area (Å²) in [5.41, 5.74) is 0.759. The molecule has 2 rings (SSSR count). The first-order valence-corrected chi connectivity index (χ1v) is 8.23. The second-order valence-electron chi connectivity index (χ2n) is 4.89. The van der Waals surface area contributed by atoms with Crippen LogP contribution in [-0.4, -0.2) is 37.6 Å². The molecule has 1 aromatic carbocycles. The van der Waals surface area contributed by atoms with Crippen molar-refractivity contribution in [2.75, 3.05) is 26.8 Å². The van der Waals surface area contributed by atoms with Crippen LogP contribution >= 0.6 is 38.5 Å². The summed E-state index contributed by atoms with van der Waals surface area (Å²) in [6, 6.07) is 5.79. The first-order chi connectivity index (χ1) is 9.08. The Morgan fingerprint density at radius 3 is 3.05 bits per heavy atom. The Balaban J connectivity index is 2.03. The number of ether oxygens (including phenoxy) is 1. The van der Waals surface area contributed by atoms with Crippen molar-refractivity contribution in [2.24, 2.45) is 5.92 Å². The van der Waals surface area contributed by atoms with E-state index in [1.165, 1.54) is 0 Å². The van der Waals surface area contributed by atoms with Crippen LogP contribution in [0.2, 0.25) is 0 Å². The van der Waals surface area contributed by atoms with Crippen molar-refractivity contribution in [3.05, 3.63) is 31.8 Å². The van der Waals surface area contributed by atoms with Crippen LogP contribution in [0.4, 0.5) is 0 Å². The number of nitrogens with zero attached hydrogens (tertiary/aromatic N) is 1. The SMILES string of the molecule is CN(CC1CCCOC1)C(=O)c1cc(Br)ccc1I. The Hall–Kier alpha value is -0.140. The predicted octanol–water partition coefficient (Wildman–Crippen LogP) is 3.55. The topological polar surface area (TPSA) is 29.5 Å². The maximum absolute atomic E-state index is 12.5. The monoisotopic (exact) mass is 437 g/mol. The first kappa shape index (κ1) is 15.3. The summed E-state index contributed by atoms with van der Waals surface area (Å²) < 4.78 is 7.38. The van der Waals surface area contributed by atoms with Crippen LogP contribution in [0.15, 0.2) is 22.7 Å². The summed E-state index contributed by atoms with van der Waals surface area (Å²) in [7, 11) is 1.87. The molecule has 1 aliphatic heterocycles. The Labute approximate surface area is 136 Å². The van der Waals surface area contributed by atoms with Crippen LogP contribution in [0.3, 0.4) is 0 Å². The van der Waals surface area contributed by atoms with Crippen molar-refractivity contribution in [3.63, 3.8) is 0 Å². The second kappa shape index (κ2) is 7.04. The molecule has 1 amide bonds. The number of hydrogen-bond acceptors (Lipinski definition) is 2. The maximum Gasteiger partial charge on any atom is 0.254 e. The van der Waals surface area contributed by atoms with E-state index in [0.29, 0.717) is 5.92 Å². The zero-order valence-electron chi connectivity index (χ0n) is 10.9. The molecular weight excluding hydrogens is 421 g/mol. The number of amides is 1. The van der Waals surface area contributed by atoms with Gasteiger partial charge in [-0.15, -0.1) is 0 Å². The highest BCUT2D eigenvalue weighted by atomic mass is 127. The van der Waals surface area contributed by atoms with Gasteiger partial charge in [0.25, 0.3) is 5.91 Å². The molecule has 0 saturated carbocycles. The van der Waals surface area contributed by atoms with Crippen molar-refractivity contribution < 1.29 is 9.53 Å². The van der Waals surface area contributed by atoms with Gasteiger partial charge >= 0.3 is 0 Å². The van der Waals surface area contributed by atoms with Crippen molar-refractivity contribution in [3.8, 4) is 0 Å². The van der Waals surface area contributed by atoms with Crippen molar-refractivity contribution in [2.45, 2.75) is 12.8 Å². The minimum absolute atomic E-state index is 0.0799. The van der Waals surface area contributed by atoms with E-state index >= 15 is 0 Å². The average Bonchev–Trinajstić information content (AvgIpc) is 2.42. The lowest BCUT2D eigenvalue weighted by atomic mass is 10.0. The molecule has 0 bridgehead atoms. The van der Waals surface area contributed by atoms with Crippen LogP contribution in [0, 0.1) is 9.49 Å². The Morgan fingerprint density at radius 1 is 1.58 bits per heavy atom.